The number of hydrogen-bond donors (Lipinski definition) is 2. The minimum atomic E-state index is -1.26. The van der Waals surface area contributed by atoms with E-state index in [4.69, 9.17) is 4.74 Å². The Morgan fingerprint density at radius 2 is 1.94 bits per heavy atom. The maximum absolute atomic E-state index is 12.4. The van der Waals surface area contributed by atoms with Gasteiger partial charge in [0.05, 0.1) is 11.1 Å². The van der Waals surface area contributed by atoms with E-state index in [1.807, 2.05) is 18.2 Å². The summed E-state index contributed by atoms with van der Waals surface area (Å²) in [6.07, 6.45) is 1.37. The van der Waals surface area contributed by atoms with Crippen LogP contribution >= 0.6 is 0 Å². The molecule has 5 rings (SSSR count). The van der Waals surface area contributed by atoms with E-state index >= 15 is 0 Å². The molecule has 0 fully saturated rings. The molecule has 0 spiro atoms. The number of anilines is 1. The number of carboxylic acids is 2. The smallest absolute Gasteiger partial charge is 0.478 e. The van der Waals surface area contributed by atoms with Gasteiger partial charge in [-0.25, -0.2) is 14.4 Å². The van der Waals surface area contributed by atoms with Crippen molar-refractivity contribution in [2.24, 2.45) is 0 Å². The number of ether oxygens (including phenoxy) is 1. The van der Waals surface area contributed by atoms with Crippen molar-refractivity contribution in [3.05, 3.63) is 82.1 Å². The second-order valence-electron chi connectivity index (χ2n) is 8.63. The molecule has 1 unspecified atom stereocenters. The van der Waals surface area contributed by atoms with Gasteiger partial charge in [0.2, 0.25) is 0 Å². The molecule has 3 aliphatic heterocycles. The van der Waals surface area contributed by atoms with Gasteiger partial charge in [-0.15, -0.1) is 11.6 Å². The third-order valence-electron chi connectivity index (χ3n) is 6.46. The Hall–Kier alpha value is -2.87. The molecule has 0 aromatic heterocycles. The molecule has 162 valence electrons. The molecule has 0 aliphatic carbocycles. The van der Waals surface area contributed by atoms with Gasteiger partial charge in [-0.3, -0.25) is 0 Å². The Labute approximate surface area is 212 Å². The third kappa shape index (κ3) is 3.51. The maximum Gasteiger partial charge on any atom is 1.00 e. The number of hydrogen-bond acceptors (Lipinski definition) is 5. The Balaban J connectivity index is 0.00000259. The standard InChI is InChI=1S/C25H20NO6.Na/c1-25(2)17-5-3-4-6-18(17)26-10-9-19-21(22(25)26)15(12-20(27)32-19)14-8-7-13(23(28)29)11-16(14)24(30)31;/h4-8,11-12,19H,9-10H2,1-2H3,(H,28,29)(H,30,31);/q-1;+1. The predicted molar refractivity (Wildman–Crippen MR) is 116 cm³/mol. The summed E-state index contributed by atoms with van der Waals surface area (Å²) in [7, 11) is 0. The second-order valence-corrected chi connectivity index (χ2v) is 8.63. The van der Waals surface area contributed by atoms with Gasteiger partial charge < -0.3 is 19.8 Å². The Morgan fingerprint density at radius 3 is 2.64 bits per heavy atom. The van der Waals surface area contributed by atoms with Gasteiger partial charge in [0, 0.05) is 30.3 Å². The first-order valence-electron chi connectivity index (χ1n) is 10.3. The average Bonchev–Trinajstić information content (AvgIpc) is 3.00. The Morgan fingerprint density at radius 1 is 1.18 bits per heavy atom. The zero-order valence-corrected chi connectivity index (χ0v) is 20.5. The molecule has 2 N–H and O–H groups in total. The normalized spacial score (nSPS) is 20.1. The minimum Gasteiger partial charge on any atom is -0.478 e. The van der Waals surface area contributed by atoms with E-state index < -0.39 is 29.4 Å². The quantitative estimate of drug-likeness (QED) is 0.400. The number of carbonyl (C=O) groups is 3. The number of nitrogens with zero attached hydrogens (tertiary/aromatic N) is 1. The van der Waals surface area contributed by atoms with Crippen LogP contribution < -0.4 is 34.5 Å². The molecule has 0 saturated heterocycles. The fraction of sp³-hybridized carbons (Fsp3) is 0.240. The van der Waals surface area contributed by atoms with Crippen molar-refractivity contribution in [2.45, 2.75) is 31.8 Å². The van der Waals surface area contributed by atoms with Gasteiger partial charge in [0.1, 0.15) is 6.10 Å². The number of fused-ring (bicyclic) bond motifs is 4. The molecule has 0 radical (unpaired) electrons. The summed E-state index contributed by atoms with van der Waals surface area (Å²) in [4.78, 5) is 38.1. The van der Waals surface area contributed by atoms with Gasteiger partial charge >= 0.3 is 47.5 Å². The molecule has 7 nitrogen and oxygen atoms in total. The number of benzene rings is 2. The van der Waals surface area contributed by atoms with Gasteiger partial charge in [-0.2, -0.15) is 18.2 Å². The van der Waals surface area contributed by atoms with Crippen molar-refractivity contribution in [1.82, 2.24) is 0 Å². The molecule has 2 aromatic rings. The molecule has 0 bridgehead atoms. The monoisotopic (exact) mass is 453 g/mol. The summed E-state index contributed by atoms with van der Waals surface area (Å²) in [5.74, 6) is -3.02. The van der Waals surface area contributed by atoms with E-state index in [2.05, 4.69) is 24.8 Å². The van der Waals surface area contributed by atoms with Crippen LogP contribution in [-0.2, 0) is 14.9 Å². The van der Waals surface area contributed by atoms with Gasteiger partial charge in [0.15, 0.2) is 0 Å². The first-order chi connectivity index (χ1) is 15.2. The number of esters is 1. The Bertz CT molecular complexity index is 1280. The summed E-state index contributed by atoms with van der Waals surface area (Å²) in [5.41, 5.74) is 3.92. The van der Waals surface area contributed by atoms with Crippen LogP contribution in [0.4, 0.5) is 5.69 Å². The van der Waals surface area contributed by atoms with Crippen molar-refractivity contribution >= 4 is 29.2 Å². The van der Waals surface area contributed by atoms with Crippen molar-refractivity contribution in [2.75, 3.05) is 11.4 Å². The van der Waals surface area contributed by atoms with Crippen molar-refractivity contribution < 1.29 is 58.9 Å². The summed E-state index contributed by atoms with van der Waals surface area (Å²) in [6.45, 7) is 4.84. The molecule has 2 aromatic carbocycles. The van der Waals surface area contributed by atoms with E-state index in [9.17, 15) is 24.6 Å². The molecule has 3 heterocycles. The number of rotatable bonds is 3. The van der Waals surface area contributed by atoms with Crippen molar-refractivity contribution in [3.63, 3.8) is 0 Å². The van der Waals surface area contributed by atoms with Crippen molar-refractivity contribution in [3.8, 4) is 0 Å². The molecule has 1 atom stereocenters. The molecule has 0 saturated carbocycles. The van der Waals surface area contributed by atoms with Crippen molar-refractivity contribution in [1.29, 1.82) is 0 Å². The summed E-state index contributed by atoms with van der Waals surface area (Å²) >= 11 is 0. The number of aromatic carboxylic acids is 2. The second kappa shape index (κ2) is 8.17. The van der Waals surface area contributed by atoms with Crippen LogP contribution in [0.2, 0.25) is 0 Å². The fourth-order valence-corrected chi connectivity index (χ4v) is 5.10. The van der Waals surface area contributed by atoms with Crippen LogP contribution in [0.5, 0.6) is 0 Å². The predicted octanol–water partition coefficient (Wildman–Crippen LogP) is 0.652. The largest absolute Gasteiger partial charge is 1.00 e. The van der Waals surface area contributed by atoms with E-state index in [-0.39, 0.29) is 40.7 Å². The van der Waals surface area contributed by atoms with Crippen LogP contribution in [0.3, 0.4) is 0 Å². The minimum absolute atomic E-state index is 0. The Kier molecular flexibility index (Phi) is 5.76. The topological polar surface area (TPSA) is 104 Å². The van der Waals surface area contributed by atoms with Crippen LogP contribution in [0.15, 0.2) is 53.7 Å². The van der Waals surface area contributed by atoms with E-state index in [0.29, 0.717) is 24.1 Å². The molecule has 0 amide bonds. The zero-order chi connectivity index (χ0) is 22.8. The SMILES string of the molecule is CC1(C)C2=C3C(c4ccc(C(=O)O)cc4C(=O)O)=CC(=O)OC3CCN2c2cc[c-]cc21.[Na+]. The number of allylic oxidation sites excluding steroid dienone is 1. The summed E-state index contributed by atoms with van der Waals surface area (Å²) in [5, 5.41) is 19.1. The van der Waals surface area contributed by atoms with Crippen LogP contribution in [-0.4, -0.2) is 40.8 Å². The van der Waals surface area contributed by atoms with Gasteiger partial charge in [0.25, 0.3) is 0 Å². The molecular formula is C25H20NNaO6. The van der Waals surface area contributed by atoms with E-state index in [1.165, 1.54) is 18.2 Å². The van der Waals surface area contributed by atoms with E-state index in [1.54, 1.807) is 0 Å². The van der Waals surface area contributed by atoms with Gasteiger partial charge in [-0.1, -0.05) is 25.6 Å². The number of carboxylic acid groups (broad SMARTS) is 2. The first kappa shape index (κ1) is 23.3. The zero-order valence-electron chi connectivity index (χ0n) is 18.5. The fourth-order valence-electron chi connectivity index (χ4n) is 5.10. The summed E-state index contributed by atoms with van der Waals surface area (Å²) < 4.78 is 5.66. The molecular weight excluding hydrogens is 433 g/mol. The molecule has 3 aliphatic rings. The van der Waals surface area contributed by atoms with Crippen LogP contribution in [0, 0.1) is 6.07 Å². The maximum atomic E-state index is 12.4. The van der Waals surface area contributed by atoms with Crippen LogP contribution in [0.25, 0.3) is 5.57 Å². The van der Waals surface area contributed by atoms with Crippen LogP contribution in [0.1, 0.15) is 52.1 Å². The average molecular weight is 453 g/mol. The molecule has 33 heavy (non-hydrogen) atoms. The van der Waals surface area contributed by atoms with E-state index in [0.717, 1.165) is 28.6 Å². The number of carbonyl (C=O) groups excluding carboxylic acids is 1. The van der Waals surface area contributed by atoms with Gasteiger partial charge in [-0.05, 0) is 28.7 Å². The first-order valence-corrected chi connectivity index (χ1v) is 10.3. The molecule has 8 heteroatoms. The summed E-state index contributed by atoms with van der Waals surface area (Å²) in [6, 6.07) is 12.9. The third-order valence-corrected chi connectivity index (χ3v) is 6.46.